The number of hydrogen-bond acceptors (Lipinski definition) is 6. The van der Waals surface area contributed by atoms with E-state index >= 15 is 0 Å². The Hall–Kier alpha value is -2.44. The zero-order valence-corrected chi connectivity index (χ0v) is 16.8. The van der Waals surface area contributed by atoms with Crippen LogP contribution >= 0.6 is 0 Å². The number of rotatable bonds is 9. The first-order chi connectivity index (χ1) is 12.6. The van der Waals surface area contributed by atoms with Crippen molar-refractivity contribution in [1.82, 2.24) is 4.72 Å². The smallest absolute Gasteiger partial charge is 0.505 e. The van der Waals surface area contributed by atoms with Crippen molar-refractivity contribution in [2.45, 2.75) is 51.5 Å². The molecule has 1 aromatic rings. The van der Waals surface area contributed by atoms with Crippen LogP contribution in [0, 0.1) is 18.2 Å². The molecule has 0 amide bonds. The summed E-state index contributed by atoms with van der Waals surface area (Å²) >= 11 is 0. The van der Waals surface area contributed by atoms with Crippen LogP contribution in [-0.2, 0) is 19.6 Å². The Morgan fingerprint density at radius 3 is 2.37 bits per heavy atom. The minimum absolute atomic E-state index is 0.0423. The summed E-state index contributed by atoms with van der Waals surface area (Å²) in [6.07, 6.45) is 0.179. The van der Waals surface area contributed by atoms with Crippen molar-refractivity contribution < 1.29 is 23.1 Å². The number of nitrogens with zero attached hydrogens (tertiary/aromatic N) is 2. The van der Waals surface area contributed by atoms with Gasteiger partial charge in [0.05, 0.1) is 11.5 Å². The lowest BCUT2D eigenvalue weighted by molar-refractivity contribution is -0.138. The van der Waals surface area contributed by atoms with Crippen molar-refractivity contribution in [2.24, 2.45) is 5.92 Å². The predicted octanol–water partition coefficient (Wildman–Crippen LogP) is 3.26. The number of diazo groups is 1. The van der Waals surface area contributed by atoms with Crippen LogP contribution in [0.2, 0.25) is 0 Å². The highest BCUT2D eigenvalue weighted by Crippen LogP contribution is 2.19. The summed E-state index contributed by atoms with van der Waals surface area (Å²) in [6, 6.07) is 5.65. The molecular formula is C18H26N3O5S+. The van der Waals surface area contributed by atoms with E-state index in [0.717, 1.165) is 5.56 Å². The first-order valence-electron chi connectivity index (χ1n) is 8.64. The van der Waals surface area contributed by atoms with Crippen molar-refractivity contribution in [1.29, 1.82) is 5.39 Å². The molecule has 1 unspecified atom stereocenters. The van der Waals surface area contributed by atoms with Gasteiger partial charge < -0.3 is 9.84 Å². The first kappa shape index (κ1) is 22.6. The Kier molecular flexibility index (Phi) is 8.40. The number of carbonyl (C=O) groups is 1. The van der Waals surface area contributed by atoms with E-state index in [9.17, 15) is 18.3 Å². The molecule has 0 heterocycles. The number of carbonyl (C=O) groups excluding carboxylic acids is 1. The third-order valence-electron chi connectivity index (χ3n) is 3.69. The number of aliphatic hydroxyl groups excluding tert-OH is 1. The molecule has 8 nitrogen and oxygen atoms in total. The summed E-state index contributed by atoms with van der Waals surface area (Å²) < 4.78 is 32.5. The van der Waals surface area contributed by atoms with Gasteiger partial charge in [-0.1, -0.05) is 31.5 Å². The first-order valence-corrected chi connectivity index (χ1v) is 10.1. The Bertz CT molecular complexity index is 824. The third kappa shape index (κ3) is 7.00. The third-order valence-corrected chi connectivity index (χ3v) is 5.23. The zero-order chi connectivity index (χ0) is 20.6. The van der Waals surface area contributed by atoms with Crippen LogP contribution in [0.1, 0.15) is 39.2 Å². The van der Waals surface area contributed by atoms with Gasteiger partial charge in [0.1, 0.15) is 0 Å². The Labute approximate surface area is 159 Å². The Morgan fingerprint density at radius 1 is 1.30 bits per heavy atom. The lowest BCUT2D eigenvalue weighted by Crippen LogP contribution is -2.36. The lowest BCUT2D eigenvalue weighted by Gasteiger charge is -2.20. The summed E-state index contributed by atoms with van der Waals surface area (Å²) in [7, 11) is -3.82. The minimum atomic E-state index is -3.82. The molecule has 1 atom stereocenters. The van der Waals surface area contributed by atoms with E-state index in [1.165, 1.54) is 12.1 Å². The molecule has 9 heteroatoms. The molecule has 148 valence electrons. The van der Waals surface area contributed by atoms with E-state index in [1.807, 2.05) is 20.8 Å². The molecular weight excluding hydrogens is 370 g/mol. The fourth-order valence-corrected chi connectivity index (χ4v) is 3.74. The number of benzene rings is 1. The van der Waals surface area contributed by atoms with E-state index in [2.05, 4.69) is 9.70 Å². The van der Waals surface area contributed by atoms with Gasteiger partial charge in [0.15, 0.2) is 10.7 Å². The Balaban J connectivity index is 3.10. The van der Waals surface area contributed by atoms with Crippen molar-refractivity contribution in [3.05, 3.63) is 46.3 Å². The highest BCUT2D eigenvalue weighted by molar-refractivity contribution is 7.89. The van der Waals surface area contributed by atoms with Gasteiger partial charge in [0, 0.05) is 12.5 Å². The van der Waals surface area contributed by atoms with Crippen LogP contribution in [0.4, 0.5) is 0 Å². The second-order valence-electron chi connectivity index (χ2n) is 6.58. The monoisotopic (exact) mass is 396 g/mol. The SMILES string of the molecule is CCOC(=O)/C([N+]#N)=C(/O)CC(CC(C)C)NS(=O)(=O)c1ccc(C)cc1. The van der Waals surface area contributed by atoms with Crippen molar-refractivity contribution in [3.63, 3.8) is 0 Å². The van der Waals surface area contributed by atoms with Gasteiger partial charge in [0.25, 0.3) is 0 Å². The quantitative estimate of drug-likeness (QED) is 0.286. The van der Waals surface area contributed by atoms with Gasteiger partial charge in [-0.15, -0.1) is 0 Å². The molecule has 1 rings (SSSR count). The maximum atomic E-state index is 12.6. The van der Waals surface area contributed by atoms with Crippen LogP contribution < -0.4 is 4.72 Å². The largest absolute Gasteiger partial charge is 0.505 e. The maximum Gasteiger partial charge on any atom is 0.505 e. The molecule has 0 aliphatic heterocycles. The summed E-state index contributed by atoms with van der Waals surface area (Å²) in [5, 5.41) is 19.2. The minimum Gasteiger partial charge on any atom is -0.505 e. The summed E-state index contributed by atoms with van der Waals surface area (Å²) in [6.45, 7) is 7.26. The number of ether oxygens (including phenoxy) is 1. The lowest BCUT2D eigenvalue weighted by atomic mass is 10.0. The molecule has 27 heavy (non-hydrogen) atoms. The molecule has 0 aliphatic carbocycles. The van der Waals surface area contributed by atoms with E-state index < -0.39 is 33.5 Å². The van der Waals surface area contributed by atoms with E-state index in [0.29, 0.717) is 6.42 Å². The molecule has 0 saturated heterocycles. The average molecular weight is 396 g/mol. The fraction of sp³-hybridized carbons (Fsp3) is 0.500. The molecule has 0 aliphatic rings. The van der Waals surface area contributed by atoms with E-state index in [4.69, 9.17) is 10.1 Å². The topological polar surface area (TPSA) is 121 Å². The summed E-state index contributed by atoms with van der Waals surface area (Å²) in [5.74, 6) is -1.42. The number of nitrogens with one attached hydrogen (secondary N) is 1. The van der Waals surface area contributed by atoms with Gasteiger partial charge in [0.2, 0.25) is 15.4 Å². The van der Waals surface area contributed by atoms with Gasteiger partial charge >= 0.3 is 11.7 Å². The van der Waals surface area contributed by atoms with Crippen LogP contribution in [-0.4, -0.2) is 32.1 Å². The molecule has 0 fully saturated rings. The molecule has 0 aromatic heterocycles. The van der Waals surface area contributed by atoms with Crippen molar-refractivity contribution >= 4 is 16.0 Å². The van der Waals surface area contributed by atoms with Crippen LogP contribution in [0.3, 0.4) is 0 Å². The highest BCUT2D eigenvalue weighted by atomic mass is 32.2. The van der Waals surface area contributed by atoms with Crippen LogP contribution in [0.5, 0.6) is 0 Å². The van der Waals surface area contributed by atoms with E-state index in [1.54, 1.807) is 19.1 Å². The molecule has 0 saturated carbocycles. The Morgan fingerprint density at radius 2 is 1.89 bits per heavy atom. The van der Waals surface area contributed by atoms with Crippen LogP contribution in [0.25, 0.3) is 4.98 Å². The number of aliphatic hydroxyl groups is 1. The van der Waals surface area contributed by atoms with E-state index in [-0.39, 0.29) is 23.8 Å². The van der Waals surface area contributed by atoms with Gasteiger partial charge in [-0.05, 0) is 38.3 Å². The molecule has 2 N–H and O–H groups in total. The number of aryl methyl sites for hydroxylation is 1. The van der Waals surface area contributed by atoms with Gasteiger partial charge in [-0.2, -0.15) is 0 Å². The molecule has 0 spiro atoms. The van der Waals surface area contributed by atoms with Crippen molar-refractivity contribution in [2.75, 3.05) is 6.61 Å². The maximum absolute atomic E-state index is 12.6. The van der Waals surface area contributed by atoms with Gasteiger partial charge in [-0.25, -0.2) is 17.9 Å². The average Bonchev–Trinajstić information content (AvgIpc) is 2.55. The second-order valence-corrected chi connectivity index (χ2v) is 8.29. The number of sulfonamides is 1. The second kappa shape index (κ2) is 10.0. The molecule has 0 bridgehead atoms. The molecule has 0 radical (unpaired) electrons. The van der Waals surface area contributed by atoms with Gasteiger partial charge in [-0.3, -0.25) is 0 Å². The zero-order valence-electron chi connectivity index (χ0n) is 16.0. The highest BCUT2D eigenvalue weighted by Gasteiger charge is 2.33. The van der Waals surface area contributed by atoms with Crippen molar-refractivity contribution in [3.8, 4) is 0 Å². The van der Waals surface area contributed by atoms with Crippen LogP contribution in [0.15, 0.2) is 40.6 Å². The molecule has 1 aromatic carbocycles. The number of esters is 1. The fourth-order valence-electron chi connectivity index (χ4n) is 2.49. The number of hydrogen-bond donors (Lipinski definition) is 2. The normalized spacial score (nSPS) is 13.6. The standard InChI is InChI=1S/C18H25N3O5S/c1-5-26-18(23)17(20-19)16(22)11-14(10-12(2)3)21-27(24,25)15-8-6-13(4)7-9-15/h6-9,12,14,21H,5,10-11H2,1-4H3/p+1. The predicted molar refractivity (Wildman–Crippen MR) is 101 cm³/mol. The summed E-state index contributed by atoms with van der Waals surface area (Å²) in [5.41, 5.74) is 0.289. The summed E-state index contributed by atoms with van der Waals surface area (Å²) in [4.78, 5) is 14.6.